The highest BCUT2D eigenvalue weighted by Gasteiger charge is 2.02. The molecule has 0 fully saturated rings. The van der Waals surface area contributed by atoms with Gasteiger partial charge in [0.25, 0.3) is 0 Å². The number of hydrogen-bond acceptors (Lipinski definition) is 2. The van der Waals surface area contributed by atoms with Crippen molar-refractivity contribution in [3.05, 3.63) is 29.6 Å². The maximum atomic E-state index is 12.8. The van der Waals surface area contributed by atoms with Crippen LogP contribution in [0.4, 0.5) is 4.39 Å². The lowest BCUT2D eigenvalue weighted by molar-refractivity contribution is 0.406. The lowest BCUT2D eigenvalue weighted by atomic mass is 10.2. The van der Waals surface area contributed by atoms with Gasteiger partial charge in [0.1, 0.15) is 11.6 Å². The fourth-order valence-corrected chi connectivity index (χ4v) is 1.14. The van der Waals surface area contributed by atoms with E-state index in [9.17, 15) is 4.39 Å². The summed E-state index contributed by atoms with van der Waals surface area (Å²) >= 11 is 0. The van der Waals surface area contributed by atoms with Gasteiger partial charge in [-0.05, 0) is 24.7 Å². The van der Waals surface area contributed by atoms with E-state index in [-0.39, 0.29) is 5.82 Å². The van der Waals surface area contributed by atoms with Crippen LogP contribution in [0.3, 0.4) is 0 Å². The lowest BCUT2D eigenvalue weighted by Crippen LogP contribution is -2.12. The summed E-state index contributed by atoms with van der Waals surface area (Å²) in [7, 11) is 1.59. The number of nitrogens with one attached hydrogen (secondary N) is 1. The maximum Gasteiger partial charge on any atom is 0.123 e. The van der Waals surface area contributed by atoms with Crippen molar-refractivity contribution in [1.29, 1.82) is 0 Å². The van der Waals surface area contributed by atoms with Gasteiger partial charge in [0.2, 0.25) is 0 Å². The molecule has 2 nitrogen and oxygen atoms in total. The lowest BCUT2D eigenvalue weighted by Gasteiger charge is -2.08. The molecule has 0 amide bonds. The second-order valence-electron chi connectivity index (χ2n) is 2.74. The third-order valence-corrected chi connectivity index (χ3v) is 1.81. The molecule has 3 heteroatoms. The van der Waals surface area contributed by atoms with E-state index in [1.165, 1.54) is 12.1 Å². The van der Waals surface area contributed by atoms with E-state index in [1.807, 2.05) is 6.92 Å². The van der Waals surface area contributed by atoms with Crippen molar-refractivity contribution in [2.75, 3.05) is 13.7 Å². The monoisotopic (exact) mass is 183 g/mol. The third kappa shape index (κ3) is 2.70. The first-order chi connectivity index (χ1) is 6.27. The molecular formula is C10H14FNO. The van der Waals surface area contributed by atoms with Gasteiger partial charge in [-0.25, -0.2) is 4.39 Å². The molecule has 13 heavy (non-hydrogen) atoms. The van der Waals surface area contributed by atoms with Crippen LogP contribution < -0.4 is 10.1 Å². The first-order valence-electron chi connectivity index (χ1n) is 4.31. The average molecular weight is 183 g/mol. The van der Waals surface area contributed by atoms with Gasteiger partial charge in [0.05, 0.1) is 7.11 Å². The van der Waals surface area contributed by atoms with E-state index in [0.717, 1.165) is 17.9 Å². The molecule has 0 aliphatic rings. The summed E-state index contributed by atoms with van der Waals surface area (Å²) in [6.45, 7) is 3.50. The molecule has 0 bridgehead atoms. The van der Waals surface area contributed by atoms with Crippen LogP contribution in [-0.2, 0) is 6.54 Å². The quantitative estimate of drug-likeness (QED) is 0.770. The molecule has 0 aliphatic carbocycles. The van der Waals surface area contributed by atoms with E-state index in [2.05, 4.69) is 5.32 Å². The predicted molar refractivity (Wildman–Crippen MR) is 50.3 cm³/mol. The van der Waals surface area contributed by atoms with Crippen molar-refractivity contribution in [1.82, 2.24) is 5.32 Å². The smallest absolute Gasteiger partial charge is 0.123 e. The Balaban J connectivity index is 2.81. The molecule has 0 aliphatic heterocycles. The molecule has 1 aromatic rings. The average Bonchev–Trinajstić information content (AvgIpc) is 2.15. The zero-order valence-corrected chi connectivity index (χ0v) is 7.93. The highest BCUT2D eigenvalue weighted by molar-refractivity contribution is 5.33. The van der Waals surface area contributed by atoms with Crippen LogP contribution in [0.5, 0.6) is 5.75 Å². The molecular weight excluding hydrogens is 169 g/mol. The van der Waals surface area contributed by atoms with E-state index >= 15 is 0 Å². The van der Waals surface area contributed by atoms with Crippen LogP contribution in [0.2, 0.25) is 0 Å². The summed E-state index contributed by atoms with van der Waals surface area (Å²) in [5.74, 6) is 0.496. The number of ether oxygens (including phenoxy) is 1. The fourth-order valence-electron chi connectivity index (χ4n) is 1.14. The van der Waals surface area contributed by atoms with Crippen LogP contribution in [0.15, 0.2) is 18.2 Å². The number of hydrogen-bond donors (Lipinski definition) is 1. The molecule has 0 heterocycles. The second-order valence-corrected chi connectivity index (χ2v) is 2.74. The molecule has 0 atom stereocenters. The molecule has 0 aromatic heterocycles. The van der Waals surface area contributed by atoms with E-state index in [1.54, 1.807) is 13.2 Å². The SMILES string of the molecule is CCNCc1cc(F)ccc1OC. The third-order valence-electron chi connectivity index (χ3n) is 1.81. The Morgan fingerprint density at radius 1 is 1.46 bits per heavy atom. The van der Waals surface area contributed by atoms with Crippen LogP contribution in [0, 0.1) is 5.82 Å². The minimum atomic E-state index is -0.228. The van der Waals surface area contributed by atoms with Gasteiger partial charge in [-0.15, -0.1) is 0 Å². The largest absolute Gasteiger partial charge is 0.496 e. The van der Waals surface area contributed by atoms with Gasteiger partial charge in [-0.1, -0.05) is 6.92 Å². The van der Waals surface area contributed by atoms with Gasteiger partial charge < -0.3 is 10.1 Å². The van der Waals surface area contributed by atoms with Gasteiger partial charge in [0, 0.05) is 12.1 Å². The van der Waals surface area contributed by atoms with E-state index in [0.29, 0.717) is 6.54 Å². The minimum Gasteiger partial charge on any atom is -0.496 e. The summed E-state index contributed by atoms with van der Waals surface area (Å²) < 4.78 is 17.9. The first kappa shape index (κ1) is 9.99. The van der Waals surface area contributed by atoms with Gasteiger partial charge in [0.15, 0.2) is 0 Å². The number of halogens is 1. The first-order valence-corrected chi connectivity index (χ1v) is 4.31. The standard InChI is InChI=1S/C10H14FNO/c1-3-12-7-8-6-9(11)4-5-10(8)13-2/h4-6,12H,3,7H2,1-2H3. The Labute approximate surface area is 77.7 Å². The topological polar surface area (TPSA) is 21.3 Å². The van der Waals surface area contributed by atoms with Gasteiger partial charge >= 0.3 is 0 Å². The Morgan fingerprint density at radius 2 is 2.23 bits per heavy atom. The summed E-state index contributed by atoms with van der Waals surface area (Å²) in [4.78, 5) is 0. The molecule has 1 N–H and O–H groups in total. The van der Waals surface area contributed by atoms with Crippen molar-refractivity contribution in [3.8, 4) is 5.75 Å². The van der Waals surface area contributed by atoms with Crippen molar-refractivity contribution >= 4 is 0 Å². The zero-order chi connectivity index (χ0) is 9.68. The molecule has 0 radical (unpaired) electrons. The van der Waals surface area contributed by atoms with Gasteiger partial charge in [-0.3, -0.25) is 0 Å². The summed E-state index contributed by atoms with van der Waals surface area (Å²) in [5, 5.41) is 3.12. The van der Waals surface area contributed by atoms with Crippen LogP contribution in [-0.4, -0.2) is 13.7 Å². The normalized spacial score (nSPS) is 10.1. The van der Waals surface area contributed by atoms with Crippen LogP contribution in [0.25, 0.3) is 0 Å². The summed E-state index contributed by atoms with van der Waals surface area (Å²) in [5.41, 5.74) is 0.851. The Kier molecular flexibility index (Phi) is 3.71. The molecule has 1 aromatic carbocycles. The Hall–Kier alpha value is -1.09. The fraction of sp³-hybridized carbons (Fsp3) is 0.400. The second kappa shape index (κ2) is 4.82. The summed E-state index contributed by atoms with van der Waals surface area (Å²) in [6, 6.07) is 4.53. The van der Waals surface area contributed by atoms with Crippen LogP contribution >= 0.6 is 0 Å². The van der Waals surface area contributed by atoms with Crippen molar-refractivity contribution < 1.29 is 9.13 Å². The Morgan fingerprint density at radius 3 is 2.85 bits per heavy atom. The summed E-state index contributed by atoms with van der Waals surface area (Å²) in [6.07, 6.45) is 0. The van der Waals surface area contributed by atoms with Crippen LogP contribution in [0.1, 0.15) is 12.5 Å². The molecule has 0 unspecified atom stereocenters. The minimum absolute atomic E-state index is 0.228. The highest BCUT2D eigenvalue weighted by atomic mass is 19.1. The molecule has 0 saturated carbocycles. The van der Waals surface area contributed by atoms with E-state index in [4.69, 9.17) is 4.74 Å². The molecule has 0 saturated heterocycles. The van der Waals surface area contributed by atoms with Gasteiger partial charge in [-0.2, -0.15) is 0 Å². The van der Waals surface area contributed by atoms with Crippen molar-refractivity contribution in [3.63, 3.8) is 0 Å². The van der Waals surface area contributed by atoms with Crippen molar-refractivity contribution in [2.45, 2.75) is 13.5 Å². The zero-order valence-electron chi connectivity index (χ0n) is 7.93. The highest BCUT2D eigenvalue weighted by Crippen LogP contribution is 2.18. The number of methoxy groups -OCH3 is 1. The Bertz CT molecular complexity index is 276. The van der Waals surface area contributed by atoms with E-state index < -0.39 is 0 Å². The van der Waals surface area contributed by atoms with Crippen molar-refractivity contribution in [2.24, 2.45) is 0 Å². The number of rotatable bonds is 4. The predicted octanol–water partition coefficient (Wildman–Crippen LogP) is 1.94. The number of benzene rings is 1. The molecule has 1 rings (SSSR count). The maximum absolute atomic E-state index is 12.8. The molecule has 0 spiro atoms. The molecule has 72 valence electrons.